The van der Waals surface area contributed by atoms with Gasteiger partial charge < -0.3 is 0 Å². The number of hydrogen-bond donors (Lipinski definition) is 2. The second-order valence-electron chi connectivity index (χ2n) is 5.22. The normalized spacial score (nSPS) is 10.8. The molecule has 26 heavy (non-hydrogen) atoms. The number of hydrogen-bond acceptors (Lipinski definition) is 5. The van der Waals surface area contributed by atoms with Gasteiger partial charge in [0.1, 0.15) is 11.5 Å². The minimum absolute atomic E-state index is 0.0306. The van der Waals surface area contributed by atoms with Gasteiger partial charge in [-0.05, 0) is 48.0 Å². The van der Waals surface area contributed by atoms with Gasteiger partial charge in [0.05, 0.1) is 16.8 Å². The first-order valence-electron chi connectivity index (χ1n) is 7.42. The number of non-ortho nitro benzene ring substituents is 1. The zero-order valence-electron chi connectivity index (χ0n) is 13.2. The lowest BCUT2D eigenvalue weighted by atomic mass is 10.1. The van der Waals surface area contributed by atoms with Gasteiger partial charge in [-0.3, -0.25) is 20.0 Å². The molecule has 2 aromatic carbocycles. The Balaban J connectivity index is 1.63. The molecule has 0 aliphatic rings. The molecular formula is C17H12FN5O3. The van der Waals surface area contributed by atoms with Crippen molar-refractivity contribution in [1.29, 1.82) is 0 Å². The van der Waals surface area contributed by atoms with Crippen molar-refractivity contribution in [2.75, 3.05) is 0 Å². The summed E-state index contributed by atoms with van der Waals surface area (Å²) in [6, 6.07) is 12.9. The number of benzene rings is 2. The summed E-state index contributed by atoms with van der Waals surface area (Å²) in [5.41, 5.74) is 4.23. The second-order valence-corrected chi connectivity index (χ2v) is 5.22. The molecule has 0 saturated heterocycles. The summed E-state index contributed by atoms with van der Waals surface area (Å²) in [7, 11) is 0. The van der Waals surface area contributed by atoms with E-state index in [0.29, 0.717) is 16.8 Å². The van der Waals surface area contributed by atoms with Gasteiger partial charge in [-0.15, -0.1) is 0 Å². The van der Waals surface area contributed by atoms with E-state index in [2.05, 4.69) is 20.7 Å². The molecule has 0 saturated carbocycles. The first-order valence-corrected chi connectivity index (χ1v) is 7.42. The van der Waals surface area contributed by atoms with Crippen LogP contribution in [-0.4, -0.2) is 27.2 Å². The number of H-pyrrole nitrogens is 1. The molecule has 0 bridgehead atoms. The van der Waals surface area contributed by atoms with Gasteiger partial charge in [0.25, 0.3) is 11.6 Å². The van der Waals surface area contributed by atoms with Crippen LogP contribution < -0.4 is 5.43 Å². The minimum atomic E-state index is -0.510. The second kappa shape index (κ2) is 7.34. The highest BCUT2D eigenvalue weighted by Crippen LogP contribution is 2.18. The number of halogens is 1. The maximum atomic E-state index is 12.9. The summed E-state index contributed by atoms with van der Waals surface area (Å²) in [6.07, 6.45) is 1.36. The Morgan fingerprint density at radius 3 is 2.54 bits per heavy atom. The predicted octanol–water partition coefficient (Wildman–Crippen LogP) is 2.89. The van der Waals surface area contributed by atoms with Crippen molar-refractivity contribution in [3.63, 3.8) is 0 Å². The lowest BCUT2D eigenvalue weighted by Gasteiger charge is -1.96. The van der Waals surface area contributed by atoms with Crippen molar-refractivity contribution in [3.8, 4) is 11.3 Å². The summed E-state index contributed by atoms with van der Waals surface area (Å²) in [6.45, 7) is 0. The molecule has 0 atom stereocenters. The number of hydrazone groups is 1. The average Bonchev–Trinajstić information content (AvgIpc) is 3.13. The Bertz CT molecular complexity index is 965. The van der Waals surface area contributed by atoms with Gasteiger partial charge in [-0.2, -0.15) is 10.2 Å². The molecule has 130 valence electrons. The number of nitro groups is 1. The number of rotatable bonds is 5. The van der Waals surface area contributed by atoms with Crippen molar-refractivity contribution < 1.29 is 14.1 Å². The van der Waals surface area contributed by atoms with Gasteiger partial charge >= 0.3 is 0 Å². The van der Waals surface area contributed by atoms with Crippen molar-refractivity contribution in [2.24, 2.45) is 5.10 Å². The molecule has 0 unspecified atom stereocenters. The fourth-order valence-electron chi connectivity index (χ4n) is 2.11. The Hall–Kier alpha value is -3.88. The summed E-state index contributed by atoms with van der Waals surface area (Å²) in [5.74, 6) is -0.869. The van der Waals surface area contributed by atoms with E-state index in [1.165, 1.54) is 48.7 Å². The van der Waals surface area contributed by atoms with E-state index >= 15 is 0 Å². The van der Waals surface area contributed by atoms with Gasteiger partial charge in [-0.25, -0.2) is 9.82 Å². The summed E-state index contributed by atoms with van der Waals surface area (Å²) in [4.78, 5) is 22.1. The average molecular weight is 353 g/mol. The molecule has 0 spiro atoms. The number of carbonyl (C=O) groups is 1. The Morgan fingerprint density at radius 2 is 1.88 bits per heavy atom. The highest BCUT2D eigenvalue weighted by molar-refractivity contribution is 5.94. The third-order valence-corrected chi connectivity index (χ3v) is 3.45. The van der Waals surface area contributed by atoms with Crippen molar-refractivity contribution in [3.05, 3.63) is 81.8 Å². The highest BCUT2D eigenvalue weighted by atomic mass is 19.1. The summed E-state index contributed by atoms with van der Waals surface area (Å²) < 4.78 is 12.9. The lowest BCUT2D eigenvalue weighted by molar-refractivity contribution is -0.384. The van der Waals surface area contributed by atoms with E-state index < -0.39 is 10.8 Å². The Kier molecular flexibility index (Phi) is 4.79. The maximum Gasteiger partial charge on any atom is 0.289 e. The van der Waals surface area contributed by atoms with Crippen LogP contribution in [0.5, 0.6) is 0 Å². The van der Waals surface area contributed by atoms with Crippen LogP contribution in [0.15, 0.2) is 59.7 Å². The number of aromatic nitrogens is 2. The van der Waals surface area contributed by atoms with Crippen molar-refractivity contribution >= 4 is 17.8 Å². The number of amides is 1. The van der Waals surface area contributed by atoms with E-state index in [0.717, 1.165) is 0 Å². The number of nitro benzene ring substituents is 1. The SMILES string of the molecule is O=C(N/N=C\c1ccc([N+](=O)[O-])cc1)c1cc(-c2ccc(F)cc2)n[nH]1. The molecule has 2 N–H and O–H groups in total. The molecule has 8 nitrogen and oxygen atoms in total. The van der Waals surface area contributed by atoms with Crippen LogP contribution in [-0.2, 0) is 0 Å². The molecule has 0 radical (unpaired) electrons. The van der Waals surface area contributed by atoms with Gasteiger partial charge in [-0.1, -0.05) is 0 Å². The van der Waals surface area contributed by atoms with E-state index in [-0.39, 0.29) is 17.2 Å². The molecular weight excluding hydrogens is 341 g/mol. The van der Waals surface area contributed by atoms with Crippen LogP contribution in [0.1, 0.15) is 16.1 Å². The minimum Gasteiger partial charge on any atom is -0.272 e. The number of carbonyl (C=O) groups excluding carboxylic acids is 1. The van der Waals surface area contributed by atoms with Crippen LogP contribution in [0, 0.1) is 15.9 Å². The third kappa shape index (κ3) is 3.96. The zero-order valence-corrected chi connectivity index (χ0v) is 13.2. The van der Waals surface area contributed by atoms with Gasteiger partial charge in [0, 0.05) is 17.7 Å². The number of aromatic amines is 1. The largest absolute Gasteiger partial charge is 0.289 e. The molecule has 1 heterocycles. The molecule has 9 heteroatoms. The molecule has 0 aliphatic carbocycles. The van der Waals surface area contributed by atoms with E-state index in [1.807, 2.05) is 0 Å². The third-order valence-electron chi connectivity index (χ3n) is 3.45. The number of nitrogens with one attached hydrogen (secondary N) is 2. The van der Waals surface area contributed by atoms with E-state index in [1.54, 1.807) is 12.1 Å². The summed E-state index contributed by atoms with van der Waals surface area (Å²) >= 11 is 0. The van der Waals surface area contributed by atoms with Gasteiger partial charge in [0.15, 0.2) is 0 Å². The van der Waals surface area contributed by atoms with Crippen LogP contribution in [0.25, 0.3) is 11.3 Å². The first-order chi connectivity index (χ1) is 12.5. The highest BCUT2D eigenvalue weighted by Gasteiger charge is 2.10. The standard InChI is InChI=1S/C17H12FN5O3/c18-13-5-3-12(4-6-13)15-9-16(21-20-15)17(24)22-19-10-11-1-7-14(8-2-11)23(25)26/h1-10H,(H,20,21)(H,22,24)/b19-10-. The molecule has 1 aromatic heterocycles. The first kappa shape index (κ1) is 17.0. The van der Waals surface area contributed by atoms with E-state index in [4.69, 9.17) is 0 Å². The van der Waals surface area contributed by atoms with Crippen LogP contribution in [0.2, 0.25) is 0 Å². The molecule has 0 fully saturated rings. The Labute approximate surface area is 146 Å². The smallest absolute Gasteiger partial charge is 0.272 e. The predicted molar refractivity (Wildman–Crippen MR) is 92.1 cm³/mol. The van der Waals surface area contributed by atoms with Gasteiger partial charge in [0.2, 0.25) is 0 Å². The summed E-state index contributed by atoms with van der Waals surface area (Å²) in [5, 5.41) is 21.0. The lowest BCUT2D eigenvalue weighted by Crippen LogP contribution is -2.17. The quantitative estimate of drug-likeness (QED) is 0.417. The van der Waals surface area contributed by atoms with Crippen molar-refractivity contribution in [2.45, 2.75) is 0 Å². The molecule has 1 amide bonds. The zero-order chi connectivity index (χ0) is 18.5. The fourth-order valence-corrected chi connectivity index (χ4v) is 2.11. The fraction of sp³-hybridized carbons (Fsp3) is 0. The monoisotopic (exact) mass is 353 g/mol. The molecule has 0 aliphatic heterocycles. The van der Waals surface area contributed by atoms with Crippen LogP contribution in [0.4, 0.5) is 10.1 Å². The molecule has 3 aromatic rings. The number of nitrogens with zero attached hydrogens (tertiary/aromatic N) is 3. The molecule has 3 rings (SSSR count). The van der Waals surface area contributed by atoms with Crippen LogP contribution in [0.3, 0.4) is 0 Å². The maximum absolute atomic E-state index is 12.9. The van der Waals surface area contributed by atoms with Crippen molar-refractivity contribution in [1.82, 2.24) is 15.6 Å². The van der Waals surface area contributed by atoms with Crippen LogP contribution >= 0.6 is 0 Å². The topological polar surface area (TPSA) is 113 Å². The Morgan fingerprint density at radius 1 is 1.19 bits per heavy atom. The van der Waals surface area contributed by atoms with E-state index in [9.17, 15) is 19.3 Å².